The van der Waals surface area contributed by atoms with Crippen LogP contribution >= 0.6 is 15.9 Å². The number of nitrogens with zero attached hydrogens (tertiary/aromatic N) is 3. The Bertz CT molecular complexity index is 768. The van der Waals surface area contributed by atoms with Crippen LogP contribution in [0.15, 0.2) is 41.0 Å². The third-order valence-corrected chi connectivity index (χ3v) is 5.12. The van der Waals surface area contributed by atoms with Crippen LogP contribution in [0.4, 0.5) is 19.0 Å². The fourth-order valence-electron chi connectivity index (χ4n) is 3.21. The molecule has 8 heteroatoms. The van der Waals surface area contributed by atoms with Crippen molar-refractivity contribution in [2.75, 3.05) is 38.2 Å². The molecule has 1 fully saturated rings. The van der Waals surface area contributed by atoms with Gasteiger partial charge in [-0.2, -0.15) is 13.2 Å². The Balaban J connectivity index is 1.65. The molecule has 2 heterocycles. The summed E-state index contributed by atoms with van der Waals surface area (Å²) in [6.45, 7) is 3.96. The van der Waals surface area contributed by atoms with E-state index in [1.807, 2.05) is 17.0 Å². The summed E-state index contributed by atoms with van der Waals surface area (Å²) in [5, 5.41) is 0. The van der Waals surface area contributed by atoms with E-state index in [2.05, 4.69) is 31.9 Å². The van der Waals surface area contributed by atoms with E-state index in [1.165, 1.54) is 6.07 Å². The first-order chi connectivity index (χ1) is 12.9. The number of anilines is 1. The normalized spacial score (nSPS) is 16.3. The zero-order valence-electron chi connectivity index (χ0n) is 15.0. The van der Waals surface area contributed by atoms with E-state index in [-0.39, 0.29) is 0 Å². The summed E-state index contributed by atoms with van der Waals surface area (Å²) in [5.74, 6) is 1.44. The molecule has 0 amide bonds. The Hall–Kier alpha value is -1.80. The Labute approximate surface area is 165 Å². The predicted molar refractivity (Wildman–Crippen MR) is 102 cm³/mol. The molecule has 146 valence electrons. The predicted octanol–water partition coefficient (Wildman–Crippen LogP) is 4.58. The van der Waals surface area contributed by atoms with Crippen LogP contribution in [0, 0.1) is 0 Å². The lowest BCUT2D eigenvalue weighted by Crippen LogP contribution is -2.31. The third kappa shape index (κ3) is 5.13. The molecule has 0 atom stereocenters. The molecule has 4 nitrogen and oxygen atoms in total. The first-order valence-electron chi connectivity index (χ1n) is 8.70. The number of alkyl halides is 3. The second-order valence-electron chi connectivity index (χ2n) is 6.48. The summed E-state index contributed by atoms with van der Waals surface area (Å²) < 4.78 is 44.6. The van der Waals surface area contributed by atoms with Crippen LogP contribution in [0.1, 0.15) is 17.5 Å². The largest absolute Gasteiger partial charge is 0.496 e. The summed E-state index contributed by atoms with van der Waals surface area (Å²) in [7, 11) is 1.66. The van der Waals surface area contributed by atoms with Crippen molar-refractivity contribution in [2.24, 2.45) is 0 Å². The van der Waals surface area contributed by atoms with Gasteiger partial charge in [0.05, 0.1) is 12.7 Å². The quantitative estimate of drug-likeness (QED) is 0.690. The molecule has 0 saturated carbocycles. The molecule has 0 radical (unpaired) electrons. The van der Waals surface area contributed by atoms with Crippen LogP contribution in [0.25, 0.3) is 0 Å². The van der Waals surface area contributed by atoms with Crippen LogP contribution in [-0.2, 0) is 12.7 Å². The van der Waals surface area contributed by atoms with E-state index < -0.39 is 11.7 Å². The summed E-state index contributed by atoms with van der Waals surface area (Å²) >= 11 is 3.49. The maximum Gasteiger partial charge on any atom is 0.417 e. The van der Waals surface area contributed by atoms with Crippen molar-refractivity contribution in [1.29, 1.82) is 0 Å². The smallest absolute Gasteiger partial charge is 0.417 e. The van der Waals surface area contributed by atoms with E-state index >= 15 is 0 Å². The van der Waals surface area contributed by atoms with E-state index in [0.717, 1.165) is 60.6 Å². The molecule has 1 saturated heterocycles. The molecule has 0 spiro atoms. The highest BCUT2D eigenvalue weighted by atomic mass is 79.9. The van der Waals surface area contributed by atoms with Gasteiger partial charge in [-0.3, -0.25) is 4.90 Å². The summed E-state index contributed by atoms with van der Waals surface area (Å²) in [6, 6.07) is 8.49. The summed E-state index contributed by atoms with van der Waals surface area (Å²) in [5.41, 5.74) is 0.387. The number of hydrogen-bond acceptors (Lipinski definition) is 4. The van der Waals surface area contributed by atoms with Crippen molar-refractivity contribution >= 4 is 21.7 Å². The van der Waals surface area contributed by atoms with E-state index in [0.29, 0.717) is 12.4 Å². The van der Waals surface area contributed by atoms with Crippen molar-refractivity contribution in [2.45, 2.75) is 19.1 Å². The third-order valence-electron chi connectivity index (χ3n) is 4.62. The molecule has 2 aromatic rings. The highest BCUT2D eigenvalue weighted by Gasteiger charge is 2.31. The molecule has 0 bridgehead atoms. The number of benzene rings is 1. The Morgan fingerprint density at radius 3 is 2.59 bits per heavy atom. The zero-order valence-corrected chi connectivity index (χ0v) is 16.6. The van der Waals surface area contributed by atoms with Crippen molar-refractivity contribution in [3.63, 3.8) is 0 Å². The fourth-order valence-corrected chi connectivity index (χ4v) is 3.62. The number of methoxy groups -OCH3 is 1. The molecule has 1 aromatic heterocycles. The maximum atomic E-state index is 12.7. The molecule has 1 aliphatic heterocycles. The van der Waals surface area contributed by atoms with Crippen molar-refractivity contribution < 1.29 is 17.9 Å². The minimum absolute atomic E-state index is 0.588. The van der Waals surface area contributed by atoms with Gasteiger partial charge in [-0.1, -0.05) is 15.9 Å². The topological polar surface area (TPSA) is 28.6 Å². The van der Waals surface area contributed by atoms with Crippen LogP contribution in [0.5, 0.6) is 5.75 Å². The van der Waals surface area contributed by atoms with Gasteiger partial charge in [0.1, 0.15) is 11.6 Å². The lowest BCUT2D eigenvalue weighted by Gasteiger charge is -2.23. The van der Waals surface area contributed by atoms with Gasteiger partial charge in [-0.25, -0.2) is 4.98 Å². The van der Waals surface area contributed by atoms with Crippen LogP contribution in [0.3, 0.4) is 0 Å². The van der Waals surface area contributed by atoms with Crippen molar-refractivity contribution in [3.05, 3.63) is 52.1 Å². The molecule has 27 heavy (non-hydrogen) atoms. The Kier molecular flexibility index (Phi) is 6.26. The monoisotopic (exact) mass is 443 g/mol. The van der Waals surface area contributed by atoms with Gasteiger partial charge in [-0.05, 0) is 36.8 Å². The molecule has 1 aliphatic rings. The molecule has 0 unspecified atom stereocenters. The highest BCUT2D eigenvalue weighted by molar-refractivity contribution is 9.10. The zero-order chi connectivity index (χ0) is 19.4. The van der Waals surface area contributed by atoms with Crippen LogP contribution < -0.4 is 9.64 Å². The summed E-state index contributed by atoms with van der Waals surface area (Å²) in [6.07, 6.45) is -2.53. The standard InChI is InChI=1S/C19H21BrF3N3O/c1-27-17-5-4-16(20)11-14(17)13-25-7-2-8-26(10-9-25)18-6-3-15(12-24-18)19(21,22)23/h3-6,11-12H,2,7-10,13H2,1H3. The second kappa shape index (κ2) is 8.48. The molecule has 0 aliphatic carbocycles. The highest BCUT2D eigenvalue weighted by Crippen LogP contribution is 2.30. The van der Waals surface area contributed by atoms with Crippen LogP contribution in [-0.4, -0.2) is 43.2 Å². The van der Waals surface area contributed by atoms with Gasteiger partial charge in [0.25, 0.3) is 0 Å². The molecule has 0 N–H and O–H groups in total. The van der Waals surface area contributed by atoms with Crippen LogP contribution in [0.2, 0.25) is 0 Å². The fraction of sp³-hybridized carbons (Fsp3) is 0.421. The van der Waals surface area contributed by atoms with Gasteiger partial charge in [-0.15, -0.1) is 0 Å². The molecular weight excluding hydrogens is 423 g/mol. The average Bonchev–Trinajstić information content (AvgIpc) is 2.87. The minimum atomic E-state index is -4.36. The second-order valence-corrected chi connectivity index (χ2v) is 7.39. The molecule has 3 rings (SSSR count). The Morgan fingerprint density at radius 2 is 1.93 bits per heavy atom. The minimum Gasteiger partial charge on any atom is -0.496 e. The summed E-state index contributed by atoms with van der Waals surface area (Å²) in [4.78, 5) is 8.39. The van der Waals surface area contributed by atoms with Gasteiger partial charge in [0, 0.05) is 49.0 Å². The van der Waals surface area contributed by atoms with Gasteiger partial charge < -0.3 is 9.64 Å². The maximum absolute atomic E-state index is 12.7. The van der Waals surface area contributed by atoms with Gasteiger partial charge >= 0.3 is 6.18 Å². The first kappa shape index (κ1) is 19.9. The van der Waals surface area contributed by atoms with E-state index in [9.17, 15) is 13.2 Å². The number of hydrogen-bond donors (Lipinski definition) is 0. The van der Waals surface area contributed by atoms with E-state index in [4.69, 9.17) is 4.74 Å². The van der Waals surface area contributed by atoms with Gasteiger partial charge in [0.2, 0.25) is 0 Å². The SMILES string of the molecule is COc1ccc(Br)cc1CN1CCCN(c2ccc(C(F)(F)F)cn2)CC1. The lowest BCUT2D eigenvalue weighted by atomic mass is 10.2. The first-order valence-corrected chi connectivity index (χ1v) is 9.49. The number of aromatic nitrogens is 1. The number of rotatable bonds is 4. The lowest BCUT2D eigenvalue weighted by molar-refractivity contribution is -0.137. The molecular formula is C19H21BrF3N3O. The Morgan fingerprint density at radius 1 is 1.11 bits per heavy atom. The van der Waals surface area contributed by atoms with E-state index in [1.54, 1.807) is 7.11 Å². The molecule has 1 aromatic carbocycles. The van der Waals surface area contributed by atoms with Gasteiger partial charge in [0.15, 0.2) is 0 Å². The van der Waals surface area contributed by atoms with Crippen molar-refractivity contribution in [1.82, 2.24) is 9.88 Å². The average molecular weight is 444 g/mol. The number of halogens is 4. The van der Waals surface area contributed by atoms with Crippen molar-refractivity contribution in [3.8, 4) is 5.75 Å². The number of pyridine rings is 1. The number of ether oxygens (including phenoxy) is 1.